The van der Waals surface area contributed by atoms with Gasteiger partial charge in [0.2, 0.25) is 0 Å². The summed E-state index contributed by atoms with van der Waals surface area (Å²) in [5, 5.41) is 5.86. The highest BCUT2D eigenvalue weighted by atomic mass is 19.1. The van der Waals surface area contributed by atoms with Crippen molar-refractivity contribution in [1.82, 2.24) is 10.2 Å². The second kappa shape index (κ2) is 8.20. The number of benzene rings is 2. The molecule has 142 valence electrons. The van der Waals surface area contributed by atoms with Crippen LogP contribution in [0.15, 0.2) is 42.5 Å². The third-order valence-corrected chi connectivity index (χ3v) is 4.68. The van der Waals surface area contributed by atoms with Crippen molar-refractivity contribution in [3.8, 4) is 0 Å². The molecule has 3 rings (SSSR count). The molecule has 0 spiro atoms. The molecule has 1 heterocycles. The van der Waals surface area contributed by atoms with Crippen molar-refractivity contribution >= 4 is 17.6 Å². The van der Waals surface area contributed by atoms with Gasteiger partial charge in [0.05, 0.1) is 0 Å². The maximum Gasteiger partial charge on any atom is 0.321 e. The van der Waals surface area contributed by atoms with E-state index in [0.717, 1.165) is 16.8 Å². The number of nitrogens with one attached hydrogen (secondary N) is 2. The van der Waals surface area contributed by atoms with Crippen LogP contribution in [0.5, 0.6) is 0 Å². The maximum absolute atomic E-state index is 13.2. The predicted octanol–water partition coefficient (Wildman–Crippen LogP) is 3.87. The van der Waals surface area contributed by atoms with Crippen LogP contribution < -0.4 is 10.6 Å². The van der Waals surface area contributed by atoms with Crippen molar-refractivity contribution in [3.05, 3.63) is 65.0 Å². The molecule has 1 aliphatic rings. The van der Waals surface area contributed by atoms with Gasteiger partial charge in [0.15, 0.2) is 0 Å². The Morgan fingerprint density at radius 3 is 2.33 bits per heavy atom. The van der Waals surface area contributed by atoms with E-state index in [1.54, 1.807) is 11.0 Å². The first-order valence-electron chi connectivity index (χ1n) is 9.11. The van der Waals surface area contributed by atoms with Crippen LogP contribution in [-0.2, 0) is 0 Å². The Morgan fingerprint density at radius 1 is 1.04 bits per heavy atom. The highest BCUT2D eigenvalue weighted by Gasteiger charge is 2.24. The summed E-state index contributed by atoms with van der Waals surface area (Å²) in [4.78, 5) is 26.4. The van der Waals surface area contributed by atoms with Gasteiger partial charge in [0.1, 0.15) is 5.82 Å². The van der Waals surface area contributed by atoms with Crippen LogP contribution in [0.4, 0.5) is 14.9 Å². The normalized spacial score (nSPS) is 14.7. The van der Waals surface area contributed by atoms with E-state index < -0.39 is 5.82 Å². The highest BCUT2D eigenvalue weighted by Crippen LogP contribution is 2.17. The number of hydrogen-bond acceptors (Lipinski definition) is 2. The third kappa shape index (κ3) is 5.06. The SMILES string of the molecule is Cc1cc(C)cc(NC(=O)N2CCC(NC(=O)c3cccc(F)c3)CC2)c1. The first-order chi connectivity index (χ1) is 12.9. The lowest BCUT2D eigenvalue weighted by atomic mass is 10.0. The number of piperidine rings is 1. The largest absolute Gasteiger partial charge is 0.349 e. The van der Waals surface area contributed by atoms with Gasteiger partial charge >= 0.3 is 6.03 Å². The molecule has 0 saturated carbocycles. The average molecular weight is 369 g/mol. The van der Waals surface area contributed by atoms with Crippen LogP contribution in [0.2, 0.25) is 0 Å². The van der Waals surface area contributed by atoms with Crippen LogP contribution >= 0.6 is 0 Å². The Labute approximate surface area is 158 Å². The van der Waals surface area contributed by atoms with E-state index in [9.17, 15) is 14.0 Å². The Bertz CT molecular complexity index is 825. The van der Waals surface area contributed by atoms with Crippen molar-refractivity contribution in [2.45, 2.75) is 32.7 Å². The number of urea groups is 1. The number of anilines is 1. The van der Waals surface area contributed by atoms with E-state index in [4.69, 9.17) is 0 Å². The zero-order valence-corrected chi connectivity index (χ0v) is 15.6. The minimum Gasteiger partial charge on any atom is -0.349 e. The molecule has 1 saturated heterocycles. The number of carbonyl (C=O) groups is 2. The van der Waals surface area contributed by atoms with Crippen molar-refractivity contribution in [2.24, 2.45) is 0 Å². The topological polar surface area (TPSA) is 61.4 Å². The molecule has 27 heavy (non-hydrogen) atoms. The van der Waals surface area contributed by atoms with Crippen molar-refractivity contribution in [1.29, 1.82) is 0 Å². The summed E-state index contributed by atoms with van der Waals surface area (Å²) >= 11 is 0. The van der Waals surface area contributed by atoms with Crippen molar-refractivity contribution in [2.75, 3.05) is 18.4 Å². The predicted molar refractivity (Wildman–Crippen MR) is 103 cm³/mol. The van der Waals surface area contributed by atoms with Gasteiger partial charge < -0.3 is 15.5 Å². The zero-order valence-electron chi connectivity index (χ0n) is 15.6. The Morgan fingerprint density at radius 2 is 1.70 bits per heavy atom. The van der Waals surface area contributed by atoms with Gasteiger partial charge in [-0.25, -0.2) is 9.18 Å². The summed E-state index contributed by atoms with van der Waals surface area (Å²) in [6, 6.07) is 11.4. The molecule has 6 heteroatoms. The molecule has 2 aromatic carbocycles. The molecule has 3 amide bonds. The maximum atomic E-state index is 13.2. The highest BCUT2D eigenvalue weighted by molar-refractivity contribution is 5.94. The molecule has 0 aromatic heterocycles. The molecule has 0 atom stereocenters. The second-order valence-electron chi connectivity index (χ2n) is 7.05. The summed E-state index contributed by atoms with van der Waals surface area (Å²) in [5.41, 5.74) is 3.30. The monoisotopic (exact) mass is 369 g/mol. The molecular weight excluding hydrogens is 345 g/mol. The summed E-state index contributed by atoms with van der Waals surface area (Å²) in [6.45, 7) is 5.11. The van der Waals surface area contributed by atoms with E-state index in [2.05, 4.69) is 16.7 Å². The molecule has 1 fully saturated rings. The van der Waals surface area contributed by atoms with Gasteiger partial charge in [-0.1, -0.05) is 12.1 Å². The lowest BCUT2D eigenvalue weighted by molar-refractivity contribution is 0.0919. The van der Waals surface area contributed by atoms with E-state index in [0.29, 0.717) is 31.5 Å². The molecule has 0 bridgehead atoms. The number of nitrogens with zero attached hydrogens (tertiary/aromatic N) is 1. The van der Waals surface area contributed by atoms with E-state index in [-0.39, 0.29) is 18.0 Å². The number of halogens is 1. The molecule has 2 aromatic rings. The van der Waals surface area contributed by atoms with Crippen LogP contribution in [0, 0.1) is 19.7 Å². The quantitative estimate of drug-likeness (QED) is 0.863. The van der Waals surface area contributed by atoms with Gasteiger partial charge in [0, 0.05) is 30.4 Å². The minimum absolute atomic E-state index is 0.0222. The Kier molecular flexibility index (Phi) is 5.74. The van der Waals surface area contributed by atoms with E-state index >= 15 is 0 Å². The van der Waals surface area contributed by atoms with Crippen molar-refractivity contribution < 1.29 is 14.0 Å². The summed E-state index contributed by atoms with van der Waals surface area (Å²) in [5.74, 6) is -0.715. The lowest BCUT2D eigenvalue weighted by Crippen LogP contribution is -2.47. The number of amides is 3. The number of rotatable bonds is 3. The van der Waals surface area contributed by atoms with Gasteiger partial charge in [-0.05, 0) is 68.1 Å². The minimum atomic E-state index is -0.430. The Balaban J connectivity index is 1.51. The summed E-state index contributed by atoms with van der Waals surface area (Å²) in [6.07, 6.45) is 1.34. The second-order valence-corrected chi connectivity index (χ2v) is 7.05. The fourth-order valence-corrected chi connectivity index (χ4v) is 3.37. The van der Waals surface area contributed by atoms with Gasteiger partial charge in [-0.3, -0.25) is 4.79 Å². The van der Waals surface area contributed by atoms with Crippen LogP contribution in [0.1, 0.15) is 34.3 Å². The smallest absolute Gasteiger partial charge is 0.321 e. The average Bonchev–Trinajstić information content (AvgIpc) is 2.61. The third-order valence-electron chi connectivity index (χ3n) is 4.68. The zero-order chi connectivity index (χ0) is 19.4. The van der Waals surface area contributed by atoms with Crippen LogP contribution in [0.25, 0.3) is 0 Å². The standard InChI is InChI=1S/C21H24FN3O2/c1-14-10-15(2)12-19(11-14)24-21(27)25-8-6-18(7-9-25)23-20(26)16-4-3-5-17(22)13-16/h3-5,10-13,18H,6-9H2,1-2H3,(H,23,26)(H,24,27). The van der Waals surface area contributed by atoms with Gasteiger partial charge in [0.25, 0.3) is 5.91 Å². The number of carbonyl (C=O) groups excluding carboxylic acids is 2. The molecule has 0 radical (unpaired) electrons. The summed E-state index contributed by atoms with van der Waals surface area (Å²) in [7, 11) is 0. The summed E-state index contributed by atoms with van der Waals surface area (Å²) < 4.78 is 13.2. The van der Waals surface area contributed by atoms with E-state index in [1.165, 1.54) is 18.2 Å². The fraction of sp³-hybridized carbons (Fsp3) is 0.333. The van der Waals surface area contributed by atoms with Crippen molar-refractivity contribution in [3.63, 3.8) is 0 Å². The number of likely N-dealkylation sites (tertiary alicyclic amines) is 1. The molecule has 1 aliphatic heterocycles. The number of aryl methyl sites for hydroxylation is 2. The molecule has 2 N–H and O–H groups in total. The van der Waals surface area contributed by atoms with Gasteiger partial charge in [-0.15, -0.1) is 0 Å². The molecular formula is C21H24FN3O2. The van der Waals surface area contributed by atoms with Gasteiger partial charge in [-0.2, -0.15) is 0 Å². The van der Waals surface area contributed by atoms with Crippen LogP contribution in [-0.4, -0.2) is 36.0 Å². The molecule has 5 nitrogen and oxygen atoms in total. The molecule has 0 aliphatic carbocycles. The first kappa shape index (κ1) is 18.9. The van der Waals surface area contributed by atoms with E-state index in [1.807, 2.05) is 26.0 Å². The molecule has 0 unspecified atom stereocenters. The number of hydrogen-bond donors (Lipinski definition) is 2. The lowest BCUT2D eigenvalue weighted by Gasteiger charge is -2.32. The fourth-order valence-electron chi connectivity index (χ4n) is 3.37. The Hall–Kier alpha value is -2.89. The van der Waals surface area contributed by atoms with Crippen LogP contribution in [0.3, 0.4) is 0 Å². The first-order valence-corrected chi connectivity index (χ1v) is 9.11.